The molecule has 2 aromatic heterocycles. The summed E-state index contributed by atoms with van der Waals surface area (Å²) in [5, 5.41) is 4.63. The van der Waals surface area contributed by atoms with E-state index in [0.29, 0.717) is 0 Å². The monoisotopic (exact) mass is 447 g/mol. The fraction of sp³-hybridized carbons (Fsp3) is 0.323. The molecule has 0 radical (unpaired) electrons. The van der Waals surface area contributed by atoms with Gasteiger partial charge in [0.25, 0.3) is 0 Å². The first kappa shape index (κ1) is 22.5. The Morgan fingerprint density at radius 3 is 2.18 bits per heavy atom. The minimum absolute atomic E-state index is 0.0337. The van der Waals surface area contributed by atoms with Crippen molar-refractivity contribution in [2.45, 2.75) is 60.3 Å². The van der Waals surface area contributed by atoms with Gasteiger partial charge in [-0.15, -0.1) is 0 Å². The molecule has 5 rings (SSSR count). The van der Waals surface area contributed by atoms with Crippen LogP contribution in [0.15, 0.2) is 60.9 Å². The number of fused-ring (bicyclic) bond motifs is 4. The minimum atomic E-state index is -0.0337. The van der Waals surface area contributed by atoms with Crippen molar-refractivity contribution < 1.29 is 0 Å². The van der Waals surface area contributed by atoms with Gasteiger partial charge in [-0.3, -0.25) is 4.98 Å². The summed E-state index contributed by atoms with van der Waals surface area (Å²) in [5.41, 5.74) is 8.02. The van der Waals surface area contributed by atoms with Crippen molar-refractivity contribution in [3.8, 4) is 11.3 Å². The second-order valence-electron chi connectivity index (χ2n) is 11.8. The van der Waals surface area contributed by atoms with E-state index in [4.69, 9.17) is 15.0 Å². The highest BCUT2D eigenvalue weighted by atomic mass is 14.8. The van der Waals surface area contributed by atoms with Crippen molar-refractivity contribution in [3.63, 3.8) is 0 Å². The summed E-state index contributed by atoms with van der Waals surface area (Å²) in [5.74, 6) is 0. The minimum Gasteiger partial charge on any atom is -0.253 e. The Bertz CT molecular complexity index is 1550. The molecule has 0 spiro atoms. The zero-order chi connectivity index (χ0) is 24.3. The van der Waals surface area contributed by atoms with Gasteiger partial charge in [0.15, 0.2) is 0 Å². The molecule has 172 valence electrons. The van der Waals surface area contributed by atoms with Crippen LogP contribution < -0.4 is 0 Å². The molecule has 5 aromatic rings. The molecule has 0 aliphatic rings. The molecule has 0 aliphatic carbocycles. The number of benzene rings is 3. The van der Waals surface area contributed by atoms with Crippen molar-refractivity contribution in [2.24, 2.45) is 5.41 Å². The lowest BCUT2D eigenvalue weighted by atomic mass is 9.83. The van der Waals surface area contributed by atoms with Crippen LogP contribution in [-0.4, -0.2) is 15.0 Å². The van der Waals surface area contributed by atoms with Crippen molar-refractivity contribution in [3.05, 3.63) is 77.7 Å². The molecule has 34 heavy (non-hydrogen) atoms. The van der Waals surface area contributed by atoms with Crippen LogP contribution in [0.25, 0.3) is 43.8 Å². The number of aromatic nitrogens is 3. The van der Waals surface area contributed by atoms with Crippen molar-refractivity contribution >= 4 is 32.6 Å². The highest BCUT2D eigenvalue weighted by Gasteiger charge is 2.21. The third-order valence-corrected chi connectivity index (χ3v) is 6.43. The standard InChI is InChI=1S/C31H33N3/c1-19-8-10-22-15-23(16-26(28(22)34-19)31(5,6)7)27-25-13-11-21-14-20(17-30(2,3)4)9-12-24(21)29(25)33-18-32-27/h8-16,18H,17H2,1-7H3. The maximum Gasteiger partial charge on any atom is 0.116 e. The van der Waals surface area contributed by atoms with E-state index in [-0.39, 0.29) is 10.8 Å². The van der Waals surface area contributed by atoms with E-state index in [1.165, 1.54) is 21.9 Å². The molecule has 0 atom stereocenters. The van der Waals surface area contributed by atoms with Crippen LogP contribution in [0.1, 0.15) is 58.4 Å². The molecule has 2 heterocycles. The van der Waals surface area contributed by atoms with E-state index in [1.807, 2.05) is 0 Å². The molecule has 0 fully saturated rings. The summed E-state index contributed by atoms with van der Waals surface area (Å²) < 4.78 is 0. The van der Waals surface area contributed by atoms with E-state index in [1.54, 1.807) is 6.33 Å². The van der Waals surface area contributed by atoms with Crippen LogP contribution in [0.3, 0.4) is 0 Å². The Labute approximate surface area is 202 Å². The largest absolute Gasteiger partial charge is 0.253 e. The number of aryl methyl sites for hydroxylation is 1. The molecule has 0 saturated carbocycles. The molecule has 3 heteroatoms. The van der Waals surface area contributed by atoms with Gasteiger partial charge in [-0.1, -0.05) is 71.9 Å². The molecule has 3 nitrogen and oxygen atoms in total. The molecular formula is C31H33N3. The average molecular weight is 448 g/mol. The Morgan fingerprint density at radius 1 is 0.706 bits per heavy atom. The molecule has 0 saturated heterocycles. The quantitative estimate of drug-likeness (QED) is 0.256. The van der Waals surface area contributed by atoms with Gasteiger partial charge in [0.2, 0.25) is 0 Å². The highest BCUT2D eigenvalue weighted by Crippen LogP contribution is 2.37. The average Bonchev–Trinajstić information content (AvgIpc) is 2.76. The lowest BCUT2D eigenvalue weighted by Crippen LogP contribution is -2.13. The summed E-state index contributed by atoms with van der Waals surface area (Å²) >= 11 is 0. The first-order chi connectivity index (χ1) is 16.0. The van der Waals surface area contributed by atoms with E-state index >= 15 is 0 Å². The Balaban J connectivity index is 1.73. The third kappa shape index (κ3) is 4.16. The highest BCUT2D eigenvalue weighted by molar-refractivity contribution is 6.09. The van der Waals surface area contributed by atoms with Crippen LogP contribution in [0.2, 0.25) is 0 Å². The lowest BCUT2D eigenvalue weighted by molar-refractivity contribution is 0.411. The molecule has 0 N–H and O–H groups in total. The van der Waals surface area contributed by atoms with Gasteiger partial charge in [0.05, 0.1) is 16.7 Å². The molecule has 3 aromatic carbocycles. The topological polar surface area (TPSA) is 38.7 Å². The van der Waals surface area contributed by atoms with Crippen LogP contribution in [0.4, 0.5) is 0 Å². The van der Waals surface area contributed by atoms with Gasteiger partial charge in [-0.2, -0.15) is 0 Å². The van der Waals surface area contributed by atoms with Crippen LogP contribution in [0, 0.1) is 12.3 Å². The summed E-state index contributed by atoms with van der Waals surface area (Å²) in [4.78, 5) is 14.4. The number of hydrogen-bond acceptors (Lipinski definition) is 3. The predicted molar refractivity (Wildman–Crippen MR) is 144 cm³/mol. The van der Waals surface area contributed by atoms with E-state index in [0.717, 1.165) is 45.2 Å². The zero-order valence-electron chi connectivity index (χ0n) is 21.3. The summed E-state index contributed by atoms with van der Waals surface area (Å²) in [7, 11) is 0. The van der Waals surface area contributed by atoms with E-state index in [9.17, 15) is 0 Å². The van der Waals surface area contributed by atoms with Crippen molar-refractivity contribution in [1.29, 1.82) is 0 Å². The zero-order valence-corrected chi connectivity index (χ0v) is 21.3. The maximum atomic E-state index is 4.88. The van der Waals surface area contributed by atoms with E-state index in [2.05, 4.69) is 103 Å². The smallest absolute Gasteiger partial charge is 0.116 e. The second kappa shape index (κ2) is 7.87. The van der Waals surface area contributed by atoms with Gasteiger partial charge in [0, 0.05) is 27.4 Å². The maximum absolute atomic E-state index is 4.88. The summed E-state index contributed by atoms with van der Waals surface area (Å²) in [6.07, 6.45) is 2.75. The second-order valence-corrected chi connectivity index (χ2v) is 11.8. The van der Waals surface area contributed by atoms with Crippen molar-refractivity contribution in [1.82, 2.24) is 15.0 Å². The molecular weight excluding hydrogens is 414 g/mol. The number of nitrogens with zero attached hydrogens (tertiary/aromatic N) is 3. The number of hydrogen-bond donors (Lipinski definition) is 0. The van der Waals surface area contributed by atoms with E-state index < -0.39 is 0 Å². The number of pyridine rings is 1. The van der Waals surface area contributed by atoms with Crippen LogP contribution in [0.5, 0.6) is 0 Å². The normalized spacial score (nSPS) is 12.7. The van der Waals surface area contributed by atoms with Gasteiger partial charge < -0.3 is 0 Å². The Hall–Kier alpha value is -3.33. The predicted octanol–water partition coefficient (Wildman–Crippen LogP) is 8.19. The van der Waals surface area contributed by atoms with Gasteiger partial charge in [-0.25, -0.2) is 9.97 Å². The Morgan fingerprint density at radius 2 is 1.44 bits per heavy atom. The van der Waals surface area contributed by atoms with Gasteiger partial charge in [-0.05, 0) is 65.0 Å². The fourth-order valence-corrected chi connectivity index (χ4v) is 4.90. The van der Waals surface area contributed by atoms with Crippen LogP contribution in [-0.2, 0) is 11.8 Å². The van der Waals surface area contributed by atoms with Crippen LogP contribution >= 0.6 is 0 Å². The SMILES string of the molecule is Cc1ccc2cc(-c3ncnc4c3ccc3cc(CC(C)(C)C)ccc34)cc(C(C)(C)C)c2n1. The first-order valence-electron chi connectivity index (χ1n) is 12.1. The van der Waals surface area contributed by atoms with Gasteiger partial charge >= 0.3 is 0 Å². The Kier molecular flexibility index (Phi) is 5.20. The molecule has 0 bridgehead atoms. The lowest BCUT2D eigenvalue weighted by Gasteiger charge is -2.22. The molecule has 0 aliphatic heterocycles. The molecule has 0 unspecified atom stereocenters. The summed E-state index contributed by atoms with van der Waals surface area (Å²) in [6, 6.07) is 19.9. The first-order valence-corrected chi connectivity index (χ1v) is 12.1. The molecule has 0 amide bonds. The third-order valence-electron chi connectivity index (χ3n) is 6.43. The van der Waals surface area contributed by atoms with Crippen molar-refractivity contribution in [2.75, 3.05) is 0 Å². The van der Waals surface area contributed by atoms with Gasteiger partial charge in [0.1, 0.15) is 6.33 Å². The fourth-order valence-electron chi connectivity index (χ4n) is 4.90. The summed E-state index contributed by atoms with van der Waals surface area (Å²) in [6.45, 7) is 15.6. The number of rotatable bonds is 2.